The number of aliphatic hydroxyl groups excluding tert-OH is 24. The number of carbonyl (C=O) groups is 4. The van der Waals surface area contributed by atoms with E-state index in [-0.39, 0.29) is 12.3 Å². The molecule has 9 aliphatic heterocycles. The molecule has 18 unspecified atom stereocenters. The largest absolute Gasteiger partial charge is 0.394 e. The summed E-state index contributed by atoms with van der Waals surface area (Å²) in [5, 5.41) is 286. The molecule has 50 heteroatoms. The smallest absolute Gasteiger partial charge is 0.220 e. The normalized spacial score (nSPS) is 41.2. The third-order valence-electron chi connectivity index (χ3n) is 27.9. The Hall–Kier alpha value is -4.06. The van der Waals surface area contributed by atoms with Gasteiger partial charge in [0.2, 0.25) is 23.6 Å². The van der Waals surface area contributed by atoms with Crippen molar-refractivity contribution in [3.8, 4) is 0 Å². The number of hydrogen-bond donors (Lipinski definition) is 28. The molecule has 0 radical (unpaired) electrons. The summed E-state index contributed by atoms with van der Waals surface area (Å²) in [6.45, 7) is 1.22. The van der Waals surface area contributed by atoms with Crippen LogP contribution in [0.2, 0.25) is 0 Å². The maximum absolute atomic E-state index is 13.8. The van der Waals surface area contributed by atoms with Crippen molar-refractivity contribution in [3.05, 3.63) is 12.2 Å². The lowest BCUT2D eigenvalue weighted by Gasteiger charge is -2.52. The van der Waals surface area contributed by atoms with E-state index in [1.165, 1.54) is 104 Å². The van der Waals surface area contributed by atoms with Crippen LogP contribution in [0.4, 0.5) is 0 Å². The van der Waals surface area contributed by atoms with E-state index >= 15 is 0 Å². The molecule has 9 saturated heterocycles. The number of amides is 4. The standard InChI is InChI=1S/C94H166N4O46/c1-8-10-12-14-16-18-20-22-24-26-28-30-32-34-50(109)49(98-58(110)35-33-31-29-27-25-23-21-19-17-15-13-11-9-2)43-127-89-76(125)73(122)79(57(42-105)136-89)137-92-77(126)81(66(115)53(38-101)132-92)140-87-60(96-47(6)107)70(119)78(56(41-104)135-87)138-93-84(143-90-74(123)71(120)62(111)44(3)128-90)83(68(117)54(39-102)133-93)142-88-61(97-48(7)108)80(65(114)52(37-100)131-88)139-94-85(144-91-75(124)72(121)63(112)45(4)129-91)82(67(116)55(40-103)134-94)141-86-59(95-46(5)106)69(118)64(113)51(36-99)130-86/h32,34,44-45,49-57,59-94,99-105,109,111-126H,8-31,33,35-43H2,1-7H3,(H,95,106)(H,96,107)(H,97,108)(H,98,110)/b34-32+/t44?,45?,49-,50+,51?,52?,53?,54?,55?,56?,57?,59?,60?,61?,62+,63+,64-,65-,66-,67-,68-,69+,70+,71?,72?,73+,74-,75-,76?,77?,78+,79+,80+,81-,82-,83-,84?,85?,86+,87-,88+,89+,90+,91+,92-,93-,94-/m0/s1. The predicted molar refractivity (Wildman–Crippen MR) is 491 cm³/mol. The molecular weight excluding hydrogens is 1920 g/mol. The van der Waals surface area contributed by atoms with Crippen LogP contribution < -0.4 is 21.3 Å². The van der Waals surface area contributed by atoms with E-state index in [9.17, 15) is 142 Å². The molecule has 0 aromatic heterocycles. The molecule has 0 aromatic carbocycles. The van der Waals surface area contributed by atoms with Crippen LogP contribution in [-0.4, -0.2) is 487 Å². The predicted octanol–water partition coefficient (Wildman–Crippen LogP) is -7.53. The van der Waals surface area contributed by atoms with Crippen LogP contribution >= 0.6 is 0 Å². The highest BCUT2D eigenvalue weighted by atomic mass is 16.8. The lowest BCUT2D eigenvalue weighted by Crippen LogP contribution is -2.72. The third kappa shape index (κ3) is 33.7. The van der Waals surface area contributed by atoms with Crippen molar-refractivity contribution in [2.24, 2.45) is 0 Å². The van der Waals surface area contributed by atoms with Crippen molar-refractivity contribution in [3.63, 3.8) is 0 Å². The molecule has 0 aromatic rings. The maximum Gasteiger partial charge on any atom is 0.220 e. The number of ether oxygens (including phenoxy) is 18. The van der Waals surface area contributed by atoms with Crippen LogP contribution in [0.25, 0.3) is 0 Å². The zero-order valence-electron chi connectivity index (χ0n) is 83.0. The number of rotatable bonds is 58. The third-order valence-corrected chi connectivity index (χ3v) is 27.9. The van der Waals surface area contributed by atoms with Crippen LogP contribution in [0.3, 0.4) is 0 Å². The van der Waals surface area contributed by atoms with Crippen molar-refractivity contribution in [1.29, 1.82) is 0 Å². The van der Waals surface area contributed by atoms with Crippen LogP contribution in [0.5, 0.6) is 0 Å². The SMILES string of the molecule is CCCCCCCCCCCCC/C=C/[C@@H](O)[C@H](CO[C@@H]1OC(CO)[C@@H](O[C@@H]2OC(CO)[C@H](O)[C@H](O[C@@H]3OC(CO)[C@@H](O[C@@H]4OC(CO)[C@H](O)[C@H](O[C@H]5OC(CO)[C@H](O)[C@H](O[C@@H]6OC(CO)[C@H](O)[C@H](O[C@H]7OC(CO)[C@H](O)[C@H](O)C7NC(C)=O)C6O[C@H]6OC(C)[C@@H](O)C(O)[C@@H]6O)C5NC(C)=O)C4O[C@H]4OC(C)[C@@H](O)C(O)[C@@H]4O)[C@H](O)C3NC(C)=O)C2O)[C@H](O)C1O)NC(=O)CCCCCCCCCCCCCCC. The van der Waals surface area contributed by atoms with Gasteiger partial charge in [0, 0.05) is 27.2 Å². The van der Waals surface area contributed by atoms with E-state index in [0.29, 0.717) is 12.8 Å². The van der Waals surface area contributed by atoms with Crippen molar-refractivity contribution >= 4 is 23.6 Å². The van der Waals surface area contributed by atoms with E-state index in [1.807, 2.05) is 6.08 Å². The summed E-state index contributed by atoms with van der Waals surface area (Å²) in [6, 6.07) is -7.06. The van der Waals surface area contributed by atoms with Gasteiger partial charge >= 0.3 is 0 Å². The summed E-state index contributed by atoms with van der Waals surface area (Å²) in [5.41, 5.74) is 0. The van der Waals surface area contributed by atoms with E-state index in [1.54, 1.807) is 6.08 Å². The molecule has 9 aliphatic rings. The summed E-state index contributed by atoms with van der Waals surface area (Å²) in [5.74, 6) is -3.25. The molecule has 9 rings (SSSR count). The fraction of sp³-hybridized carbons (Fsp3) is 0.936. The Morgan fingerprint density at radius 1 is 0.285 bits per heavy atom. The van der Waals surface area contributed by atoms with E-state index in [2.05, 4.69) is 35.1 Å². The molecule has 9 heterocycles. The number of aliphatic hydroxyl groups is 24. The Balaban J connectivity index is 0.948. The lowest BCUT2D eigenvalue weighted by atomic mass is 9.93. The summed E-state index contributed by atoms with van der Waals surface area (Å²) in [7, 11) is 0. The van der Waals surface area contributed by atoms with Gasteiger partial charge in [-0.05, 0) is 33.1 Å². The van der Waals surface area contributed by atoms with Crippen molar-refractivity contribution in [2.75, 3.05) is 52.9 Å². The topological polar surface area (TPSA) is 768 Å². The molecular formula is C94H166N4O46. The zero-order chi connectivity index (χ0) is 105. The fourth-order valence-corrected chi connectivity index (χ4v) is 19.4. The average molecular weight is 2090 g/mol. The Bertz CT molecular complexity index is 3670. The molecule has 0 bridgehead atoms. The first-order valence-corrected chi connectivity index (χ1v) is 51.2. The monoisotopic (exact) mass is 2090 g/mol. The maximum atomic E-state index is 13.8. The second-order valence-corrected chi connectivity index (χ2v) is 39.1. The van der Waals surface area contributed by atoms with Gasteiger partial charge in [-0.1, -0.05) is 167 Å². The second kappa shape index (κ2) is 61.7. The van der Waals surface area contributed by atoms with Crippen LogP contribution in [0, 0.1) is 0 Å². The highest BCUT2D eigenvalue weighted by Crippen LogP contribution is 2.42. The number of carbonyl (C=O) groups excluding carboxylic acids is 4. The van der Waals surface area contributed by atoms with Crippen molar-refractivity contribution < 1.29 is 227 Å². The van der Waals surface area contributed by atoms with Gasteiger partial charge < -0.3 is 229 Å². The Morgan fingerprint density at radius 3 is 1.02 bits per heavy atom. The molecule has 0 spiro atoms. The van der Waals surface area contributed by atoms with Crippen LogP contribution in [0.1, 0.15) is 215 Å². The first-order valence-electron chi connectivity index (χ1n) is 51.2. The van der Waals surface area contributed by atoms with Gasteiger partial charge in [-0.15, -0.1) is 0 Å². The average Bonchev–Trinajstić information content (AvgIpc) is 0.747. The molecule has 28 N–H and O–H groups in total. The number of hydrogen-bond acceptors (Lipinski definition) is 46. The molecule has 47 atom stereocenters. The summed E-state index contributed by atoms with van der Waals surface area (Å²) < 4.78 is 111. The fourth-order valence-electron chi connectivity index (χ4n) is 19.4. The highest BCUT2D eigenvalue weighted by Gasteiger charge is 2.63. The van der Waals surface area contributed by atoms with Gasteiger partial charge in [0.05, 0.1) is 77.2 Å². The van der Waals surface area contributed by atoms with E-state index in [0.717, 1.165) is 78.6 Å². The van der Waals surface area contributed by atoms with Gasteiger partial charge in [-0.3, -0.25) is 19.2 Å². The van der Waals surface area contributed by atoms with Crippen molar-refractivity contribution in [2.45, 2.75) is 504 Å². The van der Waals surface area contributed by atoms with Gasteiger partial charge in [0.1, 0.15) is 207 Å². The second-order valence-electron chi connectivity index (χ2n) is 39.1. The summed E-state index contributed by atoms with van der Waals surface area (Å²) in [4.78, 5) is 53.5. The first kappa shape index (κ1) is 123. The quantitative estimate of drug-likeness (QED) is 0.0199. The number of unbranched alkanes of at least 4 members (excludes halogenated alkanes) is 23. The Morgan fingerprint density at radius 2 is 0.590 bits per heavy atom. The minimum atomic E-state index is -2.39. The van der Waals surface area contributed by atoms with E-state index < -0.39 is 359 Å². The van der Waals surface area contributed by atoms with Crippen LogP contribution in [-0.2, 0) is 104 Å². The molecule has 9 fully saturated rings. The Labute approximate surface area is 837 Å². The zero-order valence-corrected chi connectivity index (χ0v) is 83.0. The molecule has 0 aliphatic carbocycles. The number of nitrogens with one attached hydrogen (secondary N) is 4. The van der Waals surface area contributed by atoms with E-state index in [4.69, 9.17) is 85.3 Å². The number of allylic oxidation sites excluding steroid dienone is 1. The van der Waals surface area contributed by atoms with Gasteiger partial charge in [0.25, 0.3) is 0 Å². The van der Waals surface area contributed by atoms with Gasteiger partial charge in [0.15, 0.2) is 56.6 Å². The molecule has 50 nitrogen and oxygen atoms in total. The van der Waals surface area contributed by atoms with Crippen molar-refractivity contribution in [1.82, 2.24) is 21.3 Å². The van der Waals surface area contributed by atoms with Crippen LogP contribution in [0.15, 0.2) is 12.2 Å². The van der Waals surface area contributed by atoms with Gasteiger partial charge in [-0.25, -0.2) is 0 Å². The minimum Gasteiger partial charge on any atom is -0.394 e. The first-order chi connectivity index (χ1) is 68.8. The highest BCUT2D eigenvalue weighted by molar-refractivity contribution is 5.76. The molecule has 838 valence electrons. The molecule has 144 heavy (non-hydrogen) atoms. The molecule has 4 amide bonds. The minimum absolute atomic E-state index is 0.134. The Kier molecular flexibility index (Phi) is 52.9. The lowest BCUT2D eigenvalue weighted by molar-refractivity contribution is -0.409. The van der Waals surface area contributed by atoms with Gasteiger partial charge in [-0.2, -0.15) is 0 Å². The summed E-state index contributed by atoms with van der Waals surface area (Å²) in [6.07, 6.45) is -57.5. The molecule has 0 saturated carbocycles. The summed E-state index contributed by atoms with van der Waals surface area (Å²) >= 11 is 0.